The van der Waals surface area contributed by atoms with Gasteiger partial charge in [0.05, 0.1) is 0 Å². The first-order valence-corrected chi connectivity index (χ1v) is 6.38. The molecular weight excluding hydrogens is 274 g/mol. The summed E-state index contributed by atoms with van der Waals surface area (Å²) in [6, 6.07) is 14.9. The summed E-state index contributed by atoms with van der Waals surface area (Å²) < 4.78 is 3.41. The van der Waals surface area contributed by atoms with Crippen molar-refractivity contribution in [3.63, 3.8) is 0 Å². The molecule has 0 aliphatic heterocycles. The Kier molecular flexibility index (Phi) is 2.52. The molecule has 2 heteroatoms. The van der Waals surface area contributed by atoms with Crippen molar-refractivity contribution in [2.75, 3.05) is 0 Å². The second-order valence-corrected chi connectivity index (χ2v) is 4.99. The van der Waals surface area contributed by atoms with Crippen LogP contribution in [-0.4, -0.2) is 4.57 Å². The minimum Gasteiger partial charge on any atom is -0.337 e. The first kappa shape index (κ1) is 10.6. The van der Waals surface area contributed by atoms with E-state index in [0.717, 1.165) is 11.0 Å². The van der Waals surface area contributed by atoms with Gasteiger partial charge >= 0.3 is 0 Å². The van der Waals surface area contributed by atoms with E-state index in [1.54, 1.807) is 0 Å². The van der Waals surface area contributed by atoms with Gasteiger partial charge in [0.15, 0.2) is 0 Å². The number of halogens is 1. The number of para-hydroxylation sites is 1. The zero-order valence-electron chi connectivity index (χ0n) is 9.36. The van der Waals surface area contributed by atoms with E-state index in [1.165, 1.54) is 21.8 Å². The maximum absolute atomic E-state index is 3.84. The monoisotopic (exact) mass is 285 g/mol. The van der Waals surface area contributed by atoms with Gasteiger partial charge in [-0.15, -0.1) is 6.58 Å². The average Bonchev–Trinajstić information content (AvgIpc) is 2.65. The van der Waals surface area contributed by atoms with E-state index < -0.39 is 0 Å². The van der Waals surface area contributed by atoms with Gasteiger partial charge in [0.1, 0.15) is 0 Å². The first-order valence-electron chi connectivity index (χ1n) is 5.58. The molecule has 0 fully saturated rings. The van der Waals surface area contributed by atoms with Crippen molar-refractivity contribution in [2.24, 2.45) is 0 Å². The lowest BCUT2D eigenvalue weighted by Gasteiger charge is -2.02. The van der Waals surface area contributed by atoms with Crippen LogP contribution in [-0.2, 0) is 6.54 Å². The summed E-state index contributed by atoms with van der Waals surface area (Å²) in [6.45, 7) is 4.68. The zero-order chi connectivity index (χ0) is 11.8. The molecule has 2 aromatic carbocycles. The van der Waals surface area contributed by atoms with Crippen molar-refractivity contribution >= 4 is 37.7 Å². The molecule has 1 heterocycles. The van der Waals surface area contributed by atoms with Gasteiger partial charge in [-0.05, 0) is 24.3 Å². The number of nitrogens with zero attached hydrogens (tertiary/aromatic N) is 1. The van der Waals surface area contributed by atoms with Crippen LogP contribution in [0.5, 0.6) is 0 Å². The Morgan fingerprint density at radius 2 is 1.82 bits per heavy atom. The van der Waals surface area contributed by atoms with Gasteiger partial charge in [-0.25, -0.2) is 0 Å². The van der Waals surface area contributed by atoms with Crippen molar-refractivity contribution in [1.29, 1.82) is 0 Å². The van der Waals surface area contributed by atoms with Gasteiger partial charge in [-0.1, -0.05) is 40.2 Å². The van der Waals surface area contributed by atoms with Gasteiger partial charge in [0.25, 0.3) is 0 Å². The predicted octanol–water partition coefficient (Wildman–Crippen LogP) is 4.74. The lowest BCUT2D eigenvalue weighted by molar-refractivity contribution is 0.901. The van der Waals surface area contributed by atoms with Crippen LogP contribution < -0.4 is 0 Å². The Bertz CT molecular complexity index is 709. The fourth-order valence-corrected chi connectivity index (χ4v) is 2.71. The molecule has 1 nitrogen and oxygen atoms in total. The highest BCUT2D eigenvalue weighted by Crippen LogP contribution is 2.30. The summed E-state index contributed by atoms with van der Waals surface area (Å²) >= 11 is 3.54. The number of hydrogen-bond acceptors (Lipinski definition) is 0. The molecule has 3 rings (SSSR count). The smallest absolute Gasteiger partial charge is 0.0495 e. The molecule has 0 radical (unpaired) electrons. The van der Waals surface area contributed by atoms with Gasteiger partial charge in [-0.2, -0.15) is 0 Å². The molecule has 0 bridgehead atoms. The normalized spacial score (nSPS) is 11.1. The fourth-order valence-electron chi connectivity index (χ4n) is 2.35. The van der Waals surface area contributed by atoms with Gasteiger partial charge < -0.3 is 4.57 Å². The number of aromatic nitrogens is 1. The number of rotatable bonds is 2. The lowest BCUT2D eigenvalue weighted by atomic mass is 10.2. The Balaban J connectivity index is 2.52. The molecule has 17 heavy (non-hydrogen) atoms. The van der Waals surface area contributed by atoms with Crippen molar-refractivity contribution in [3.05, 3.63) is 59.6 Å². The standard InChI is InChI=1S/C15H12BrN/c1-2-9-17-14-6-4-3-5-12(14)13-10-11(16)7-8-15(13)17/h2-8,10H,1,9H2. The molecule has 0 saturated heterocycles. The minimum atomic E-state index is 0.839. The molecule has 84 valence electrons. The molecule has 1 aromatic heterocycles. The van der Waals surface area contributed by atoms with E-state index in [0.29, 0.717) is 0 Å². The third-order valence-corrected chi connectivity index (χ3v) is 3.54. The van der Waals surface area contributed by atoms with E-state index in [-0.39, 0.29) is 0 Å². The number of allylic oxidation sites excluding steroid dienone is 1. The molecule has 0 aliphatic rings. The second kappa shape index (κ2) is 4.04. The SMILES string of the molecule is C=CCn1c2ccccc2c2cc(Br)ccc21. The highest BCUT2D eigenvalue weighted by Gasteiger charge is 2.08. The Morgan fingerprint density at radius 1 is 1.06 bits per heavy atom. The van der Waals surface area contributed by atoms with Crippen LogP contribution in [0.2, 0.25) is 0 Å². The maximum Gasteiger partial charge on any atom is 0.0495 e. The number of fused-ring (bicyclic) bond motifs is 3. The predicted molar refractivity (Wildman–Crippen MR) is 77.3 cm³/mol. The molecule has 0 saturated carbocycles. The summed E-state index contributed by atoms with van der Waals surface area (Å²) in [5.74, 6) is 0. The second-order valence-electron chi connectivity index (χ2n) is 4.08. The Hall–Kier alpha value is -1.54. The molecule has 0 N–H and O–H groups in total. The van der Waals surface area contributed by atoms with Crippen molar-refractivity contribution in [2.45, 2.75) is 6.54 Å². The van der Waals surface area contributed by atoms with Crippen LogP contribution in [0, 0.1) is 0 Å². The van der Waals surface area contributed by atoms with Crippen LogP contribution in [0.4, 0.5) is 0 Å². The molecule has 0 amide bonds. The lowest BCUT2D eigenvalue weighted by Crippen LogP contribution is -1.93. The quantitative estimate of drug-likeness (QED) is 0.599. The molecule has 0 aliphatic carbocycles. The van der Waals surface area contributed by atoms with E-state index >= 15 is 0 Å². The van der Waals surface area contributed by atoms with Gasteiger partial charge in [-0.3, -0.25) is 0 Å². The van der Waals surface area contributed by atoms with Crippen LogP contribution >= 0.6 is 15.9 Å². The summed E-state index contributed by atoms with van der Waals surface area (Å²) in [5, 5.41) is 2.59. The Morgan fingerprint density at radius 3 is 2.65 bits per heavy atom. The van der Waals surface area contributed by atoms with Crippen molar-refractivity contribution in [1.82, 2.24) is 4.57 Å². The van der Waals surface area contributed by atoms with E-state index in [2.05, 4.69) is 69.5 Å². The number of benzene rings is 2. The summed E-state index contributed by atoms with van der Waals surface area (Å²) in [7, 11) is 0. The third-order valence-electron chi connectivity index (χ3n) is 3.05. The van der Waals surface area contributed by atoms with Crippen LogP contribution in [0.15, 0.2) is 59.6 Å². The molecule has 0 atom stereocenters. The molecular formula is C15H12BrN. The third kappa shape index (κ3) is 1.60. The largest absolute Gasteiger partial charge is 0.337 e. The van der Waals surface area contributed by atoms with Crippen molar-refractivity contribution in [3.8, 4) is 0 Å². The fraction of sp³-hybridized carbons (Fsp3) is 0.0667. The summed E-state index contributed by atoms with van der Waals surface area (Å²) in [5.41, 5.74) is 2.52. The minimum absolute atomic E-state index is 0.839. The van der Waals surface area contributed by atoms with Crippen LogP contribution in [0.1, 0.15) is 0 Å². The molecule has 0 unspecified atom stereocenters. The molecule has 0 spiro atoms. The first-order chi connectivity index (χ1) is 8.31. The molecule has 3 aromatic rings. The highest BCUT2D eigenvalue weighted by atomic mass is 79.9. The van der Waals surface area contributed by atoms with Crippen LogP contribution in [0.3, 0.4) is 0 Å². The van der Waals surface area contributed by atoms with E-state index in [4.69, 9.17) is 0 Å². The van der Waals surface area contributed by atoms with Gasteiger partial charge in [0.2, 0.25) is 0 Å². The van der Waals surface area contributed by atoms with Gasteiger partial charge in [0, 0.05) is 32.8 Å². The van der Waals surface area contributed by atoms with E-state index in [9.17, 15) is 0 Å². The topological polar surface area (TPSA) is 4.93 Å². The average molecular weight is 286 g/mol. The van der Waals surface area contributed by atoms with Crippen molar-refractivity contribution < 1.29 is 0 Å². The Labute approximate surface area is 108 Å². The highest BCUT2D eigenvalue weighted by molar-refractivity contribution is 9.10. The van der Waals surface area contributed by atoms with E-state index in [1.807, 2.05) is 6.08 Å². The number of hydrogen-bond donors (Lipinski definition) is 0. The maximum atomic E-state index is 3.84. The van der Waals surface area contributed by atoms with Crippen LogP contribution in [0.25, 0.3) is 21.8 Å². The zero-order valence-corrected chi connectivity index (χ0v) is 10.9. The summed E-state index contributed by atoms with van der Waals surface area (Å²) in [4.78, 5) is 0. The summed E-state index contributed by atoms with van der Waals surface area (Å²) in [6.07, 6.45) is 1.94.